The van der Waals surface area contributed by atoms with Crippen LogP contribution in [-0.4, -0.2) is 29.0 Å². The second kappa shape index (κ2) is 6.70. The molecule has 0 aliphatic rings. The van der Waals surface area contributed by atoms with Crippen LogP contribution in [0, 0.1) is 0 Å². The average Bonchev–Trinajstić information content (AvgIpc) is 2.44. The van der Waals surface area contributed by atoms with Gasteiger partial charge in [0.15, 0.2) is 0 Å². The van der Waals surface area contributed by atoms with Crippen LogP contribution in [0.15, 0.2) is 42.7 Å². The molecule has 19 heavy (non-hydrogen) atoms. The van der Waals surface area contributed by atoms with Gasteiger partial charge < -0.3 is 10.1 Å². The lowest BCUT2D eigenvalue weighted by Crippen LogP contribution is -2.28. The molecular weight excluding hydrogens is 266 g/mol. The largest absolute Gasteiger partial charge is 0.492 e. The maximum Gasteiger partial charge on any atom is 0.271 e. The summed E-state index contributed by atoms with van der Waals surface area (Å²) in [4.78, 5) is 19.3. The number of hydrogen-bond donors (Lipinski definition) is 1. The molecule has 0 saturated heterocycles. The number of amides is 1. The number of carbonyl (C=O) groups is 1. The van der Waals surface area contributed by atoms with Crippen molar-refractivity contribution >= 4 is 17.5 Å². The first-order valence-corrected chi connectivity index (χ1v) is 6.07. The van der Waals surface area contributed by atoms with Gasteiger partial charge in [-0.05, 0) is 12.1 Å². The van der Waals surface area contributed by atoms with E-state index in [-0.39, 0.29) is 16.8 Å². The third-order valence-electron chi connectivity index (χ3n) is 2.24. The van der Waals surface area contributed by atoms with E-state index in [9.17, 15) is 4.79 Å². The molecule has 0 unspecified atom stereocenters. The Morgan fingerprint density at radius 2 is 2.05 bits per heavy atom. The number of aromatic nitrogens is 2. The van der Waals surface area contributed by atoms with Gasteiger partial charge in [-0.15, -0.1) is 0 Å². The van der Waals surface area contributed by atoms with Gasteiger partial charge >= 0.3 is 0 Å². The molecule has 0 saturated carbocycles. The Balaban J connectivity index is 1.75. The normalized spacial score (nSPS) is 9.95. The number of rotatable bonds is 5. The monoisotopic (exact) mass is 277 g/mol. The van der Waals surface area contributed by atoms with E-state index >= 15 is 0 Å². The molecule has 0 aliphatic heterocycles. The van der Waals surface area contributed by atoms with Gasteiger partial charge in [0.25, 0.3) is 5.91 Å². The zero-order valence-corrected chi connectivity index (χ0v) is 10.8. The molecule has 6 heteroatoms. The highest BCUT2D eigenvalue weighted by Crippen LogP contribution is 2.07. The minimum absolute atomic E-state index is 0.187. The van der Waals surface area contributed by atoms with Gasteiger partial charge in [-0.2, -0.15) is 0 Å². The van der Waals surface area contributed by atoms with E-state index in [0.29, 0.717) is 13.2 Å². The molecule has 1 heterocycles. The Kier molecular flexibility index (Phi) is 4.69. The fourth-order valence-corrected chi connectivity index (χ4v) is 1.54. The van der Waals surface area contributed by atoms with Crippen molar-refractivity contribution < 1.29 is 9.53 Å². The molecule has 0 aliphatic carbocycles. The Hall–Kier alpha value is -2.14. The number of hydrogen-bond acceptors (Lipinski definition) is 4. The molecule has 0 spiro atoms. The second-order valence-corrected chi connectivity index (χ2v) is 4.03. The highest BCUT2D eigenvalue weighted by molar-refractivity contribution is 6.29. The zero-order valence-electron chi connectivity index (χ0n) is 10.0. The zero-order chi connectivity index (χ0) is 13.5. The standard InChI is InChI=1S/C13H12ClN3O2/c14-12-9-15-8-11(17-12)13(18)16-6-7-19-10-4-2-1-3-5-10/h1-5,8-9H,6-7H2,(H,16,18). The van der Waals surface area contributed by atoms with Crippen LogP contribution in [0.4, 0.5) is 0 Å². The molecule has 98 valence electrons. The molecule has 1 N–H and O–H groups in total. The summed E-state index contributed by atoms with van der Waals surface area (Å²) in [6.45, 7) is 0.756. The van der Waals surface area contributed by atoms with E-state index < -0.39 is 0 Å². The van der Waals surface area contributed by atoms with Crippen molar-refractivity contribution in [2.45, 2.75) is 0 Å². The molecule has 2 rings (SSSR count). The van der Waals surface area contributed by atoms with Gasteiger partial charge in [0.1, 0.15) is 23.2 Å². The first-order valence-electron chi connectivity index (χ1n) is 5.69. The minimum atomic E-state index is -0.327. The first kappa shape index (κ1) is 13.3. The third kappa shape index (κ3) is 4.22. The Labute approximate surface area is 115 Å². The van der Waals surface area contributed by atoms with Gasteiger partial charge in [-0.1, -0.05) is 29.8 Å². The van der Waals surface area contributed by atoms with Crippen molar-refractivity contribution in [3.05, 3.63) is 53.6 Å². The lowest BCUT2D eigenvalue weighted by atomic mass is 10.3. The second-order valence-electron chi connectivity index (χ2n) is 3.64. The van der Waals surface area contributed by atoms with Crippen LogP contribution in [0.5, 0.6) is 5.75 Å². The van der Waals surface area contributed by atoms with Gasteiger partial charge in [-0.25, -0.2) is 4.98 Å². The Morgan fingerprint density at radius 1 is 1.26 bits per heavy atom. The molecule has 2 aromatic rings. The summed E-state index contributed by atoms with van der Waals surface area (Å²) in [6, 6.07) is 9.38. The van der Waals surface area contributed by atoms with Crippen LogP contribution < -0.4 is 10.1 Å². The average molecular weight is 278 g/mol. The first-order chi connectivity index (χ1) is 9.25. The molecule has 1 aromatic carbocycles. The molecule has 1 amide bonds. The molecule has 1 aromatic heterocycles. The number of halogens is 1. The van der Waals surface area contributed by atoms with Crippen LogP contribution in [0.25, 0.3) is 0 Å². The van der Waals surface area contributed by atoms with Gasteiger partial charge in [0, 0.05) is 0 Å². The highest BCUT2D eigenvalue weighted by atomic mass is 35.5. The Bertz CT molecular complexity index is 549. The van der Waals surface area contributed by atoms with Crippen molar-refractivity contribution in [2.24, 2.45) is 0 Å². The van der Waals surface area contributed by atoms with Crippen molar-refractivity contribution in [3.8, 4) is 5.75 Å². The van der Waals surface area contributed by atoms with E-state index in [1.165, 1.54) is 12.4 Å². The fourth-order valence-electron chi connectivity index (χ4n) is 1.39. The molecule has 0 atom stereocenters. The van der Waals surface area contributed by atoms with E-state index in [1.807, 2.05) is 30.3 Å². The van der Waals surface area contributed by atoms with Crippen molar-refractivity contribution in [3.63, 3.8) is 0 Å². The molecule has 0 radical (unpaired) electrons. The number of nitrogens with one attached hydrogen (secondary N) is 1. The van der Waals surface area contributed by atoms with Crippen LogP contribution in [0.2, 0.25) is 5.15 Å². The van der Waals surface area contributed by atoms with Crippen molar-refractivity contribution in [1.82, 2.24) is 15.3 Å². The molecular formula is C13H12ClN3O2. The van der Waals surface area contributed by atoms with Crippen molar-refractivity contribution in [2.75, 3.05) is 13.2 Å². The minimum Gasteiger partial charge on any atom is -0.492 e. The molecule has 0 bridgehead atoms. The SMILES string of the molecule is O=C(NCCOc1ccccc1)c1cncc(Cl)n1. The topological polar surface area (TPSA) is 64.1 Å². The summed E-state index contributed by atoms with van der Waals surface area (Å²) < 4.78 is 5.44. The van der Waals surface area contributed by atoms with Crippen LogP contribution >= 0.6 is 11.6 Å². The van der Waals surface area contributed by atoms with E-state index in [2.05, 4.69) is 15.3 Å². The molecule has 0 fully saturated rings. The smallest absolute Gasteiger partial charge is 0.271 e. The summed E-state index contributed by atoms with van der Waals surface area (Å²) in [7, 11) is 0. The quantitative estimate of drug-likeness (QED) is 0.849. The summed E-state index contributed by atoms with van der Waals surface area (Å²) in [5, 5.41) is 2.86. The fraction of sp³-hybridized carbons (Fsp3) is 0.154. The summed E-state index contributed by atoms with van der Waals surface area (Å²) in [5.74, 6) is 0.436. The summed E-state index contributed by atoms with van der Waals surface area (Å²) in [6.07, 6.45) is 2.73. The maximum absolute atomic E-state index is 11.7. The van der Waals surface area contributed by atoms with Gasteiger partial charge in [0.05, 0.1) is 18.9 Å². The van der Waals surface area contributed by atoms with E-state index in [4.69, 9.17) is 16.3 Å². The lowest BCUT2D eigenvalue weighted by molar-refractivity contribution is 0.0941. The number of para-hydroxylation sites is 1. The number of ether oxygens (including phenoxy) is 1. The predicted molar refractivity (Wildman–Crippen MR) is 71.3 cm³/mol. The summed E-state index contributed by atoms with van der Waals surface area (Å²) >= 11 is 5.65. The number of benzene rings is 1. The van der Waals surface area contributed by atoms with Crippen LogP contribution in [0.3, 0.4) is 0 Å². The predicted octanol–water partition coefficient (Wildman–Crippen LogP) is 1.94. The van der Waals surface area contributed by atoms with Crippen molar-refractivity contribution in [1.29, 1.82) is 0 Å². The van der Waals surface area contributed by atoms with Gasteiger partial charge in [-0.3, -0.25) is 9.78 Å². The van der Waals surface area contributed by atoms with Gasteiger partial charge in [0.2, 0.25) is 0 Å². The van der Waals surface area contributed by atoms with Crippen LogP contribution in [0.1, 0.15) is 10.5 Å². The van der Waals surface area contributed by atoms with Crippen LogP contribution in [-0.2, 0) is 0 Å². The summed E-state index contributed by atoms with van der Waals surface area (Å²) in [5.41, 5.74) is 0.187. The Morgan fingerprint density at radius 3 is 2.79 bits per heavy atom. The van der Waals surface area contributed by atoms with E-state index in [1.54, 1.807) is 0 Å². The maximum atomic E-state index is 11.7. The lowest BCUT2D eigenvalue weighted by Gasteiger charge is -2.07. The third-order valence-corrected chi connectivity index (χ3v) is 2.42. The highest BCUT2D eigenvalue weighted by Gasteiger charge is 2.07. The number of nitrogens with zero attached hydrogens (tertiary/aromatic N) is 2. The number of carbonyl (C=O) groups excluding carboxylic acids is 1. The molecule has 5 nitrogen and oxygen atoms in total. The van der Waals surface area contributed by atoms with E-state index in [0.717, 1.165) is 5.75 Å².